The third-order valence-electron chi connectivity index (χ3n) is 3.73. The monoisotopic (exact) mass is 288 g/mol. The molecule has 1 unspecified atom stereocenters. The number of H-pyrrole nitrogens is 2. The number of rotatable bonds is 2. The molecule has 0 spiro atoms. The Hall–Kier alpha value is -2.57. The van der Waals surface area contributed by atoms with Crippen molar-refractivity contribution < 1.29 is 9.90 Å². The number of hydrogen-bond acceptors (Lipinski definition) is 4. The van der Waals surface area contributed by atoms with Gasteiger partial charge in [0.2, 0.25) is 0 Å². The Morgan fingerprint density at radius 1 is 1.33 bits per heavy atom. The van der Waals surface area contributed by atoms with E-state index in [0.29, 0.717) is 12.4 Å². The highest BCUT2D eigenvalue weighted by Crippen LogP contribution is 2.31. The Morgan fingerprint density at radius 3 is 2.86 bits per heavy atom. The summed E-state index contributed by atoms with van der Waals surface area (Å²) >= 11 is 0. The number of likely N-dealkylation sites (tertiary alicyclic amines) is 1. The van der Waals surface area contributed by atoms with E-state index in [1.165, 1.54) is 6.07 Å². The Labute approximate surface area is 120 Å². The number of nitrogens with one attached hydrogen (secondary N) is 2. The molecule has 0 saturated carbocycles. The number of aromatic hydroxyl groups is 1. The molecule has 3 rings (SSSR count). The summed E-state index contributed by atoms with van der Waals surface area (Å²) in [5.41, 5.74) is -0.118. The second kappa shape index (κ2) is 5.43. The minimum atomic E-state index is -0.384. The number of nitrogens with zero attached hydrogens (tertiary/aromatic N) is 2. The summed E-state index contributed by atoms with van der Waals surface area (Å²) in [5.74, 6) is 0.174. The van der Waals surface area contributed by atoms with E-state index in [2.05, 4.69) is 15.2 Å². The summed E-state index contributed by atoms with van der Waals surface area (Å²) < 4.78 is 0. The van der Waals surface area contributed by atoms with E-state index in [4.69, 9.17) is 0 Å². The van der Waals surface area contributed by atoms with Crippen LogP contribution in [0.2, 0.25) is 0 Å². The molecular formula is C14H16N4O3. The van der Waals surface area contributed by atoms with Crippen molar-refractivity contribution >= 4 is 5.91 Å². The third-order valence-corrected chi connectivity index (χ3v) is 3.73. The number of piperidine rings is 1. The van der Waals surface area contributed by atoms with Crippen molar-refractivity contribution in [1.82, 2.24) is 20.1 Å². The third kappa shape index (κ3) is 2.54. The Balaban J connectivity index is 1.93. The van der Waals surface area contributed by atoms with Gasteiger partial charge in [0.15, 0.2) is 5.82 Å². The van der Waals surface area contributed by atoms with Gasteiger partial charge in [0.05, 0.1) is 11.6 Å². The van der Waals surface area contributed by atoms with Gasteiger partial charge in [0.1, 0.15) is 5.75 Å². The second-order valence-corrected chi connectivity index (χ2v) is 5.09. The van der Waals surface area contributed by atoms with Crippen LogP contribution in [0.3, 0.4) is 0 Å². The molecule has 110 valence electrons. The Bertz CT molecular complexity index is 706. The van der Waals surface area contributed by atoms with Crippen LogP contribution < -0.4 is 5.69 Å². The van der Waals surface area contributed by atoms with E-state index in [-0.39, 0.29) is 29.0 Å². The number of carbonyl (C=O) groups excluding carboxylic acids is 1. The molecule has 3 N–H and O–H groups in total. The van der Waals surface area contributed by atoms with Crippen LogP contribution >= 0.6 is 0 Å². The molecule has 1 fully saturated rings. The largest absolute Gasteiger partial charge is 0.507 e. The lowest BCUT2D eigenvalue weighted by molar-refractivity contribution is 0.0597. The van der Waals surface area contributed by atoms with Crippen LogP contribution in [-0.4, -0.2) is 37.6 Å². The highest BCUT2D eigenvalue weighted by atomic mass is 16.3. The van der Waals surface area contributed by atoms with Gasteiger partial charge < -0.3 is 10.0 Å². The van der Waals surface area contributed by atoms with Gasteiger partial charge in [-0.25, -0.2) is 9.89 Å². The average molecular weight is 288 g/mol. The van der Waals surface area contributed by atoms with Gasteiger partial charge in [-0.3, -0.25) is 9.78 Å². The summed E-state index contributed by atoms with van der Waals surface area (Å²) in [6.45, 7) is 0.576. The van der Waals surface area contributed by atoms with E-state index in [9.17, 15) is 14.7 Å². The topological polar surface area (TPSA) is 102 Å². The fraction of sp³-hybridized carbons (Fsp3) is 0.357. The van der Waals surface area contributed by atoms with Crippen molar-refractivity contribution in [2.75, 3.05) is 6.54 Å². The number of aromatic amines is 2. The van der Waals surface area contributed by atoms with Gasteiger partial charge in [-0.15, -0.1) is 0 Å². The number of amides is 1. The highest BCUT2D eigenvalue weighted by molar-refractivity contribution is 5.97. The van der Waals surface area contributed by atoms with Gasteiger partial charge in [0, 0.05) is 6.54 Å². The minimum Gasteiger partial charge on any atom is -0.507 e. The van der Waals surface area contributed by atoms with E-state index < -0.39 is 0 Å². The van der Waals surface area contributed by atoms with Crippen LogP contribution in [-0.2, 0) is 0 Å². The first kappa shape index (κ1) is 13.4. The zero-order valence-corrected chi connectivity index (χ0v) is 11.4. The van der Waals surface area contributed by atoms with Crippen molar-refractivity contribution in [3.63, 3.8) is 0 Å². The molecule has 7 heteroatoms. The van der Waals surface area contributed by atoms with Gasteiger partial charge in [-0.1, -0.05) is 12.1 Å². The first-order valence-corrected chi connectivity index (χ1v) is 6.90. The molecule has 1 aliphatic rings. The van der Waals surface area contributed by atoms with E-state index in [0.717, 1.165) is 19.3 Å². The lowest BCUT2D eigenvalue weighted by Gasteiger charge is -2.34. The van der Waals surface area contributed by atoms with Crippen molar-refractivity contribution in [3.8, 4) is 5.75 Å². The zero-order chi connectivity index (χ0) is 14.8. The van der Waals surface area contributed by atoms with Crippen LogP contribution in [0.15, 0.2) is 29.1 Å². The molecule has 0 bridgehead atoms. The predicted molar refractivity (Wildman–Crippen MR) is 74.9 cm³/mol. The zero-order valence-electron chi connectivity index (χ0n) is 11.4. The molecule has 1 atom stereocenters. The van der Waals surface area contributed by atoms with Gasteiger partial charge in [0.25, 0.3) is 5.91 Å². The number of benzene rings is 1. The van der Waals surface area contributed by atoms with Gasteiger partial charge in [-0.2, -0.15) is 5.10 Å². The number of para-hydroxylation sites is 1. The molecule has 1 aromatic carbocycles. The van der Waals surface area contributed by atoms with Crippen molar-refractivity contribution in [2.24, 2.45) is 0 Å². The molecule has 1 aliphatic heterocycles. The highest BCUT2D eigenvalue weighted by Gasteiger charge is 2.31. The number of aromatic nitrogens is 3. The Morgan fingerprint density at radius 2 is 2.14 bits per heavy atom. The summed E-state index contributed by atoms with van der Waals surface area (Å²) in [7, 11) is 0. The van der Waals surface area contributed by atoms with Crippen molar-refractivity contribution in [2.45, 2.75) is 25.3 Å². The van der Waals surface area contributed by atoms with Crippen molar-refractivity contribution in [1.29, 1.82) is 0 Å². The maximum Gasteiger partial charge on any atom is 0.340 e. The molecule has 1 saturated heterocycles. The molecule has 0 radical (unpaired) electrons. The van der Waals surface area contributed by atoms with E-state index >= 15 is 0 Å². The standard InChI is InChI=1S/C14H16N4O3/c19-11-7-2-1-5-9(11)13(20)18-8-4-3-6-10(18)12-15-14(21)17-16-12/h1-2,5,7,10,19H,3-4,6,8H2,(H2,15,16,17,21). The molecular weight excluding hydrogens is 272 g/mol. The molecule has 1 amide bonds. The van der Waals surface area contributed by atoms with Crippen LogP contribution in [0.5, 0.6) is 5.75 Å². The molecule has 2 aromatic rings. The van der Waals surface area contributed by atoms with Crippen molar-refractivity contribution in [3.05, 3.63) is 46.1 Å². The predicted octanol–water partition coefficient (Wildman–Crippen LogP) is 1.17. The molecule has 1 aromatic heterocycles. The molecule has 21 heavy (non-hydrogen) atoms. The number of carbonyl (C=O) groups is 1. The fourth-order valence-corrected chi connectivity index (χ4v) is 2.71. The number of phenolic OH excluding ortho intramolecular Hbond substituents is 1. The summed E-state index contributed by atoms with van der Waals surface area (Å²) in [5, 5.41) is 16.1. The fourth-order valence-electron chi connectivity index (χ4n) is 2.71. The SMILES string of the molecule is O=C(c1ccccc1O)N1CCCCC1c1n[nH]c(=O)[nH]1. The quantitative estimate of drug-likeness (QED) is 0.772. The lowest BCUT2D eigenvalue weighted by Crippen LogP contribution is -2.39. The molecule has 0 aliphatic carbocycles. The van der Waals surface area contributed by atoms with Crippen LogP contribution in [0, 0.1) is 0 Å². The maximum absolute atomic E-state index is 12.6. The van der Waals surface area contributed by atoms with Crippen LogP contribution in [0.4, 0.5) is 0 Å². The summed E-state index contributed by atoms with van der Waals surface area (Å²) in [6, 6.07) is 6.19. The molecule has 7 nitrogen and oxygen atoms in total. The smallest absolute Gasteiger partial charge is 0.340 e. The molecule has 2 heterocycles. The normalized spacial score (nSPS) is 18.7. The Kier molecular flexibility index (Phi) is 3.47. The number of hydrogen-bond donors (Lipinski definition) is 3. The van der Waals surface area contributed by atoms with E-state index in [1.54, 1.807) is 23.1 Å². The van der Waals surface area contributed by atoms with E-state index in [1.807, 2.05) is 0 Å². The van der Waals surface area contributed by atoms with Gasteiger partial charge in [-0.05, 0) is 31.4 Å². The van der Waals surface area contributed by atoms with Crippen LogP contribution in [0.25, 0.3) is 0 Å². The maximum atomic E-state index is 12.6. The summed E-state index contributed by atoms with van der Waals surface area (Å²) in [4.78, 5) is 28.1. The minimum absolute atomic E-state index is 0.0395. The lowest BCUT2D eigenvalue weighted by atomic mass is 10.00. The van der Waals surface area contributed by atoms with Gasteiger partial charge >= 0.3 is 5.69 Å². The second-order valence-electron chi connectivity index (χ2n) is 5.09. The first-order chi connectivity index (χ1) is 10.2. The average Bonchev–Trinajstić information content (AvgIpc) is 2.93. The van der Waals surface area contributed by atoms with Crippen LogP contribution in [0.1, 0.15) is 41.5 Å². The number of phenols is 1. The summed E-state index contributed by atoms with van der Waals surface area (Å²) in [6.07, 6.45) is 2.59. The first-order valence-electron chi connectivity index (χ1n) is 6.90.